The molecule has 0 heterocycles. The van der Waals surface area contributed by atoms with E-state index in [2.05, 4.69) is 6.92 Å². The zero-order valence-corrected chi connectivity index (χ0v) is 11.4. The maximum absolute atomic E-state index is 10.9. The molecule has 0 radical (unpaired) electrons. The second-order valence-electron chi connectivity index (χ2n) is 3.38. The summed E-state index contributed by atoms with van der Waals surface area (Å²) in [5.74, 6) is -0.874. The fourth-order valence-electron chi connectivity index (χ4n) is 1.51. The first-order valence-corrected chi connectivity index (χ1v) is 4.84. The van der Waals surface area contributed by atoms with Gasteiger partial charge in [-0.05, 0) is 19.3 Å². The van der Waals surface area contributed by atoms with Crippen molar-refractivity contribution in [1.29, 1.82) is 0 Å². The molecule has 0 saturated carbocycles. The largest absolute Gasteiger partial charge is 1.00 e. The van der Waals surface area contributed by atoms with Gasteiger partial charge in [-0.2, -0.15) is 0 Å². The third kappa shape index (κ3) is 4.48. The number of carboxylic acids is 1. The molecule has 0 aromatic rings. The average Bonchev–Trinajstić information content (AvgIpc) is 2.07. The molecule has 0 unspecified atom stereocenters. The molecule has 0 aliphatic carbocycles. The molecule has 0 fully saturated rings. The van der Waals surface area contributed by atoms with Crippen LogP contribution in [0.3, 0.4) is 0 Å². The van der Waals surface area contributed by atoms with Gasteiger partial charge in [-0.25, -0.2) is 0 Å². The van der Waals surface area contributed by atoms with Crippen LogP contribution < -0.4 is 34.7 Å². The molecule has 0 atom stereocenters. The van der Waals surface area contributed by atoms with E-state index in [1.54, 1.807) is 0 Å². The second-order valence-corrected chi connectivity index (χ2v) is 3.38. The van der Waals surface area contributed by atoms with Crippen LogP contribution >= 0.6 is 0 Å². The van der Waals surface area contributed by atoms with Crippen molar-refractivity contribution >= 4 is 5.97 Å². The van der Waals surface area contributed by atoms with Gasteiger partial charge in [0.1, 0.15) is 0 Å². The number of hydrogen-bond acceptors (Lipinski definition) is 2. The van der Waals surface area contributed by atoms with E-state index in [0.29, 0.717) is 12.8 Å². The third-order valence-corrected chi connectivity index (χ3v) is 2.80. The van der Waals surface area contributed by atoms with Crippen molar-refractivity contribution in [2.24, 2.45) is 5.41 Å². The smallest absolute Gasteiger partial charge is 0.550 e. The second kappa shape index (κ2) is 7.84. The van der Waals surface area contributed by atoms with Gasteiger partial charge in [0.2, 0.25) is 0 Å². The van der Waals surface area contributed by atoms with E-state index in [1.807, 2.05) is 13.8 Å². The maximum Gasteiger partial charge on any atom is 1.00 e. The molecule has 0 spiro atoms. The number of hydrogen-bond donors (Lipinski definition) is 0. The van der Waals surface area contributed by atoms with Crippen molar-refractivity contribution in [2.75, 3.05) is 0 Å². The molecule has 0 aliphatic heterocycles. The van der Waals surface area contributed by atoms with Gasteiger partial charge < -0.3 is 9.90 Å². The Hall–Kier alpha value is 0.470. The third-order valence-electron chi connectivity index (χ3n) is 2.80. The van der Waals surface area contributed by atoms with Crippen LogP contribution in [0.2, 0.25) is 0 Å². The van der Waals surface area contributed by atoms with Crippen molar-refractivity contribution in [1.82, 2.24) is 0 Å². The Labute approximate surface area is 103 Å². The molecule has 0 rings (SSSR count). The molecule has 0 saturated heterocycles. The summed E-state index contributed by atoms with van der Waals surface area (Å²) in [5.41, 5.74) is -0.560. The summed E-state index contributed by atoms with van der Waals surface area (Å²) >= 11 is 0. The molecule has 0 aromatic heterocycles. The topological polar surface area (TPSA) is 40.1 Å². The molecule has 0 aromatic carbocycles. The summed E-state index contributed by atoms with van der Waals surface area (Å²) in [4.78, 5) is 10.9. The van der Waals surface area contributed by atoms with E-state index in [9.17, 15) is 9.90 Å². The van der Waals surface area contributed by atoms with Crippen molar-refractivity contribution in [3.63, 3.8) is 0 Å². The quantitative estimate of drug-likeness (QED) is 0.495. The van der Waals surface area contributed by atoms with Crippen LogP contribution in [0.25, 0.3) is 0 Å². The van der Waals surface area contributed by atoms with Crippen molar-refractivity contribution in [3.8, 4) is 0 Å². The summed E-state index contributed by atoms with van der Waals surface area (Å²) < 4.78 is 0. The SMILES string of the molecule is CCCCC(CC)(CC)C(=O)[O-].[Na+]. The van der Waals surface area contributed by atoms with Crippen LogP contribution in [0.4, 0.5) is 0 Å². The van der Waals surface area contributed by atoms with Gasteiger partial charge in [-0.1, -0.05) is 33.6 Å². The first kappa shape index (κ1) is 15.9. The Morgan fingerprint density at radius 2 is 1.69 bits per heavy atom. The molecule has 0 bridgehead atoms. The summed E-state index contributed by atoms with van der Waals surface area (Å²) in [5, 5.41) is 10.9. The molecular formula is C10H19NaO2. The first-order valence-electron chi connectivity index (χ1n) is 4.84. The number of aliphatic carboxylic acids is 1. The Balaban J connectivity index is 0. The Morgan fingerprint density at radius 1 is 1.23 bits per heavy atom. The van der Waals surface area contributed by atoms with Gasteiger partial charge in [-0.15, -0.1) is 0 Å². The van der Waals surface area contributed by atoms with Crippen LogP contribution in [0, 0.1) is 5.41 Å². The van der Waals surface area contributed by atoms with Gasteiger partial charge in [0.15, 0.2) is 0 Å². The van der Waals surface area contributed by atoms with Gasteiger partial charge in [0.05, 0.1) is 0 Å². The number of carbonyl (C=O) groups is 1. The summed E-state index contributed by atoms with van der Waals surface area (Å²) in [6.07, 6.45) is 4.17. The zero-order chi connectivity index (χ0) is 9.61. The Morgan fingerprint density at radius 3 is 1.92 bits per heavy atom. The minimum Gasteiger partial charge on any atom is -0.550 e. The van der Waals surface area contributed by atoms with Crippen LogP contribution in [0.1, 0.15) is 52.9 Å². The monoisotopic (exact) mass is 194 g/mol. The van der Waals surface area contributed by atoms with Crippen molar-refractivity contribution < 1.29 is 39.5 Å². The predicted molar refractivity (Wildman–Crippen MR) is 47.5 cm³/mol. The van der Waals surface area contributed by atoms with Crippen LogP contribution in [-0.4, -0.2) is 5.97 Å². The molecule has 72 valence electrons. The Kier molecular flexibility index (Phi) is 9.60. The Bertz CT molecular complexity index is 142. The van der Waals surface area contributed by atoms with E-state index in [4.69, 9.17) is 0 Å². The van der Waals surface area contributed by atoms with E-state index >= 15 is 0 Å². The van der Waals surface area contributed by atoms with E-state index in [-0.39, 0.29) is 29.6 Å². The molecule has 3 heteroatoms. The van der Waals surface area contributed by atoms with Crippen LogP contribution in [0.15, 0.2) is 0 Å². The minimum atomic E-state index is -0.874. The number of carbonyl (C=O) groups excluding carboxylic acids is 1. The van der Waals surface area contributed by atoms with Crippen molar-refractivity contribution in [3.05, 3.63) is 0 Å². The van der Waals surface area contributed by atoms with Gasteiger partial charge >= 0.3 is 29.6 Å². The molecular weight excluding hydrogens is 175 g/mol. The standard InChI is InChI=1S/C10H20O2.Na/c1-4-7-8-10(5-2,6-3)9(11)12;/h4-8H2,1-3H3,(H,11,12);/q;+1/p-1. The molecule has 0 amide bonds. The number of unbranched alkanes of at least 4 members (excludes halogenated alkanes) is 1. The van der Waals surface area contributed by atoms with E-state index in [0.717, 1.165) is 19.3 Å². The fourth-order valence-corrected chi connectivity index (χ4v) is 1.51. The maximum atomic E-state index is 10.9. The molecule has 13 heavy (non-hydrogen) atoms. The van der Waals surface area contributed by atoms with Gasteiger partial charge in [-0.3, -0.25) is 0 Å². The number of rotatable bonds is 6. The zero-order valence-electron chi connectivity index (χ0n) is 9.35. The summed E-state index contributed by atoms with van der Waals surface area (Å²) in [7, 11) is 0. The first-order chi connectivity index (χ1) is 5.63. The van der Waals surface area contributed by atoms with E-state index < -0.39 is 11.4 Å². The summed E-state index contributed by atoms with van der Waals surface area (Å²) in [6.45, 7) is 5.93. The van der Waals surface area contributed by atoms with Crippen LogP contribution in [-0.2, 0) is 4.79 Å². The summed E-state index contributed by atoms with van der Waals surface area (Å²) in [6, 6.07) is 0. The fraction of sp³-hybridized carbons (Fsp3) is 0.900. The van der Waals surface area contributed by atoms with Gasteiger partial charge in [0.25, 0.3) is 0 Å². The molecule has 0 N–H and O–H groups in total. The normalized spacial score (nSPS) is 10.7. The van der Waals surface area contributed by atoms with Gasteiger partial charge in [0, 0.05) is 11.4 Å². The molecule has 2 nitrogen and oxygen atoms in total. The minimum absolute atomic E-state index is 0. The van der Waals surface area contributed by atoms with E-state index in [1.165, 1.54) is 0 Å². The van der Waals surface area contributed by atoms with Crippen LogP contribution in [0.5, 0.6) is 0 Å². The number of carboxylic acid groups (broad SMARTS) is 1. The average molecular weight is 194 g/mol. The molecule has 0 aliphatic rings. The predicted octanol–water partition coefficient (Wildman–Crippen LogP) is -1.26. The van der Waals surface area contributed by atoms with Crippen molar-refractivity contribution in [2.45, 2.75) is 52.9 Å².